The van der Waals surface area contributed by atoms with E-state index in [0.717, 1.165) is 18.7 Å². The van der Waals surface area contributed by atoms with Gasteiger partial charge in [-0.3, -0.25) is 9.48 Å². The molecule has 0 bridgehead atoms. The molecule has 0 radical (unpaired) electrons. The van der Waals surface area contributed by atoms with Crippen LogP contribution in [0.1, 0.15) is 43.2 Å². The van der Waals surface area contributed by atoms with Gasteiger partial charge in [-0.25, -0.2) is 0 Å². The molecule has 1 saturated heterocycles. The van der Waals surface area contributed by atoms with E-state index in [1.165, 1.54) is 0 Å². The molecule has 1 aromatic heterocycles. The summed E-state index contributed by atoms with van der Waals surface area (Å²) in [6, 6.07) is 0. The lowest BCUT2D eigenvalue weighted by atomic mass is 10.2. The molecule has 1 aliphatic heterocycles. The van der Waals surface area contributed by atoms with Crippen LogP contribution in [0, 0.1) is 6.92 Å². The zero-order chi connectivity index (χ0) is 15.6. The van der Waals surface area contributed by atoms with Crippen molar-refractivity contribution in [1.29, 1.82) is 0 Å². The van der Waals surface area contributed by atoms with E-state index in [1.807, 2.05) is 20.8 Å². The molecule has 0 saturated carbocycles. The van der Waals surface area contributed by atoms with E-state index < -0.39 is 6.10 Å². The number of nitrogens with zero attached hydrogens (tertiary/aromatic N) is 3. The van der Waals surface area contributed by atoms with Gasteiger partial charge in [0.1, 0.15) is 6.10 Å². The lowest BCUT2D eigenvalue weighted by molar-refractivity contribution is -0.0394. The van der Waals surface area contributed by atoms with Crippen molar-refractivity contribution in [2.24, 2.45) is 0 Å². The zero-order valence-electron chi connectivity index (χ0n) is 13.2. The minimum Gasteiger partial charge on any atom is -0.388 e. The molecule has 1 amide bonds. The molecule has 2 heterocycles. The Labute approximate surface area is 125 Å². The lowest BCUT2D eigenvalue weighted by Gasteiger charge is -2.18. The van der Waals surface area contributed by atoms with Crippen molar-refractivity contribution in [2.45, 2.75) is 59.0 Å². The van der Waals surface area contributed by atoms with Crippen LogP contribution in [0.4, 0.5) is 0 Å². The fourth-order valence-corrected chi connectivity index (χ4v) is 2.65. The smallest absolute Gasteiger partial charge is 0.257 e. The summed E-state index contributed by atoms with van der Waals surface area (Å²) in [4.78, 5) is 14.2. The normalized spacial score (nSPS) is 22.3. The maximum atomic E-state index is 12.6. The van der Waals surface area contributed by atoms with Crippen molar-refractivity contribution in [3.8, 4) is 0 Å². The van der Waals surface area contributed by atoms with Gasteiger partial charge in [0.05, 0.1) is 23.5 Å². The zero-order valence-corrected chi connectivity index (χ0v) is 13.2. The van der Waals surface area contributed by atoms with E-state index in [2.05, 4.69) is 12.0 Å². The SMILES string of the molecule is CCCn1cc(C(=O)N2C[C@H](OC(C)C)[C@@H](O)C2)c(C)n1. The number of aliphatic hydroxyl groups is 1. The molecule has 6 heteroatoms. The number of aliphatic hydroxyl groups excluding tert-OH is 1. The summed E-state index contributed by atoms with van der Waals surface area (Å²) >= 11 is 0. The molecule has 1 fully saturated rings. The maximum absolute atomic E-state index is 12.6. The Kier molecular flexibility index (Phi) is 5.00. The van der Waals surface area contributed by atoms with Crippen LogP contribution in [-0.4, -0.2) is 57.1 Å². The molecular formula is C15H25N3O3. The molecule has 0 spiro atoms. The summed E-state index contributed by atoms with van der Waals surface area (Å²) in [5, 5.41) is 14.4. The molecule has 1 N–H and O–H groups in total. The van der Waals surface area contributed by atoms with Gasteiger partial charge in [-0.2, -0.15) is 5.10 Å². The summed E-state index contributed by atoms with van der Waals surface area (Å²) in [5.41, 5.74) is 1.34. The van der Waals surface area contributed by atoms with Crippen molar-refractivity contribution in [2.75, 3.05) is 13.1 Å². The number of aryl methyl sites for hydroxylation is 2. The van der Waals surface area contributed by atoms with E-state index in [9.17, 15) is 9.90 Å². The van der Waals surface area contributed by atoms with Gasteiger partial charge in [-0.05, 0) is 27.2 Å². The van der Waals surface area contributed by atoms with Gasteiger partial charge >= 0.3 is 0 Å². The topological polar surface area (TPSA) is 67.6 Å². The number of amides is 1. The van der Waals surface area contributed by atoms with Crippen LogP contribution in [0.3, 0.4) is 0 Å². The first-order valence-electron chi connectivity index (χ1n) is 7.59. The number of carbonyl (C=O) groups excluding carboxylic acids is 1. The van der Waals surface area contributed by atoms with Crippen LogP contribution in [0.25, 0.3) is 0 Å². The maximum Gasteiger partial charge on any atom is 0.257 e. The second-order valence-electron chi connectivity index (χ2n) is 5.89. The third kappa shape index (κ3) is 3.63. The van der Waals surface area contributed by atoms with Gasteiger partial charge in [0.2, 0.25) is 0 Å². The van der Waals surface area contributed by atoms with Crippen LogP contribution in [-0.2, 0) is 11.3 Å². The second-order valence-corrected chi connectivity index (χ2v) is 5.89. The highest BCUT2D eigenvalue weighted by Crippen LogP contribution is 2.19. The Bertz CT molecular complexity index is 498. The van der Waals surface area contributed by atoms with E-state index in [-0.39, 0.29) is 18.1 Å². The van der Waals surface area contributed by atoms with Crippen molar-refractivity contribution in [3.63, 3.8) is 0 Å². The monoisotopic (exact) mass is 295 g/mol. The first-order valence-corrected chi connectivity index (χ1v) is 7.59. The Morgan fingerprint density at radius 2 is 2.24 bits per heavy atom. The highest BCUT2D eigenvalue weighted by molar-refractivity contribution is 5.95. The molecule has 118 valence electrons. The summed E-state index contributed by atoms with van der Waals surface area (Å²) in [7, 11) is 0. The number of aromatic nitrogens is 2. The molecule has 21 heavy (non-hydrogen) atoms. The number of rotatable bonds is 5. The molecular weight excluding hydrogens is 270 g/mol. The number of hydrogen-bond acceptors (Lipinski definition) is 4. The number of β-amino-alcohol motifs (C(OH)–C–C–N with tert-alkyl or cyclic N) is 1. The minimum absolute atomic E-state index is 0.0359. The quantitative estimate of drug-likeness (QED) is 0.886. The van der Waals surface area contributed by atoms with Crippen molar-refractivity contribution in [3.05, 3.63) is 17.5 Å². The van der Waals surface area contributed by atoms with E-state index in [4.69, 9.17) is 4.74 Å². The largest absolute Gasteiger partial charge is 0.388 e. The van der Waals surface area contributed by atoms with Gasteiger partial charge < -0.3 is 14.7 Å². The Morgan fingerprint density at radius 1 is 1.52 bits per heavy atom. The molecule has 1 aromatic rings. The van der Waals surface area contributed by atoms with Crippen LogP contribution in [0.5, 0.6) is 0 Å². The average Bonchev–Trinajstić information content (AvgIpc) is 2.93. The highest BCUT2D eigenvalue weighted by atomic mass is 16.5. The average molecular weight is 295 g/mol. The molecule has 0 aliphatic carbocycles. The van der Waals surface area contributed by atoms with Gasteiger partial charge in [0.25, 0.3) is 5.91 Å². The van der Waals surface area contributed by atoms with E-state index >= 15 is 0 Å². The highest BCUT2D eigenvalue weighted by Gasteiger charge is 2.36. The minimum atomic E-state index is -0.623. The van der Waals surface area contributed by atoms with Crippen molar-refractivity contribution >= 4 is 5.91 Å². The Morgan fingerprint density at radius 3 is 2.86 bits per heavy atom. The summed E-state index contributed by atoms with van der Waals surface area (Å²) in [5.74, 6) is -0.0799. The molecule has 0 aromatic carbocycles. The number of likely N-dealkylation sites (tertiary alicyclic amines) is 1. The first-order chi connectivity index (χ1) is 9.92. The van der Waals surface area contributed by atoms with Gasteiger partial charge in [0, 0.05) is 25.8 Å². The van der Waals surface area contributed by atoms with Crippen molar-refractivity contribution < 1.29 is 14.6 Å². The van der Waals surface area contributed by atoms with Crippen LogP contribution < -0.4 is 0 Å². The lowest BCUT2D eigenvalue weighted by Crippen LogP contribution is -2.31. The fourth-order valence-electron chi connectivity index (χ4n) is 2.65. The van der Waals surface area contributed by atoms with E-state index in [0.29, 0.717) is 18.7 Å². The number of carbonyl (C=O) groups is 1. The third-order valence-corrected chi connectivity index (χ3v) is 3.60. The van der Waals surface area contributed by atoms with Crippen LogP contribution in [0.2, 0.25) is 0 Å². The first kappa shape index (κ1) is 16.0. The predicted octanol–water partition coefficient (Wildman–Crippen LogP) is 1.21. The van der Waals surface area contributed by atoms with E-state index in [1.54, 1.807) is 15.8 Å². The molecule has 2 atom stereocenters. The molecule has 1 aliphatic rings. The van der Waals surface area contributed by atoms with Gasteiger partial charge in [-0.1, -0.05) is 6.92 Å². The number of ether oxygens (including phenoxy) is 1. The molecule has 0 unspecified atom stereocenters. The predicted molar refractivity (Wildman–Crippen MR) is 79.2 cm³/mol. The standard InChI is InChI=1S/C15H25N3O3/c1-5-6-18-7-12(11(4)16-18)15(20)17-8-13(19)14(9-17)21-10(2)3/h7,10,13-14,19H,5-6,8-9H2,1-4H3/t13-,14-/m0/s1. The number of hydrogen-bond donors (Lipinski definition) is 1. The summed E-state index contributed by atoms with van der Waals surface area (Å²) < 4.78 is 7.45. The third-order valence-electron chi connectivity index (χ3n) is 3.60. The summed E-state index contributed by atoms with van der Waals surface area (Å²) in [6.07, 6.45) is 1.88. The Hall–Kier alpha value is -1.40. The fraction of sp³-hybridized carbons (Fsp3) is 0.733. The Balaban J connectivity index is 2.07. The van der Waals surface area contributed by atoms with Crippen LogP contribution >= 0.6 is 0 Å². The van der Waals surface area contributed by atoms with Crippen molar-refractivity contribution in [1.82, 2.24) is 14.7 Å². The molecule has 2 rings (SSSR count). The second kappa shape index (κ2) is 6.58. The molecule has 6 nitrogen and oxygen atoms in total. The van der Waals surface area contributed by atoms with Gasteiger partial charge in [-0.15, -0.1) is 0 Å². The van der Waals surface area contributed by atoms with Gasteiger partial charge in [0.15, 0.2) is 0 Å². The van der Waals surface area contributed by atoms with Crippen LogP contribution in [0.15, 0.2) is 6.20 Å². The summed E-state index contributed by atoms with van der Waals surface area (Å²) in [6.45, 7) is 9.31.